The fourth-order valence-corrected chi connectivity index (χ4v) is 2.30. The number of carbonyl (C=O) groups is 1. The highest BCUT2D eigenvalue weighted by Crippen LogP contribution is 2.27. The van der Waals surface area contributed by atoms with Gasteiger partial charge in [-0.05, 0) is 30.2 Å². The molecule has 2 aromatic rings. The minimum atomic E-state index is -0.235. The second-order valence-electron chi connectivity index (χ2n) is 5.18. The molecule has 0 bridgehead atoms. The Labute approximate surface area is 146 Å². The molecule has 1 amide bonds. The first-order valence-corrected chi connectivity index (χ1v) is 7.77. The van der Waals surface area contributed by atoms with Crippen LogP contribution in [0.3, 0.4) is 0 Å². The van der Waals surface area contributed by atoms with Crippen LogP contribution in [0.1, 0.15) is 11.1 Å². The number of hydrogen-bond acceptors (Lipinski definition) is 5. The topological polar surface area (TPSA) is 80.6 Å². The van der Waals surface area contributed by atoms with Gasteiger partial charge in [0.05, 0.1) is 25.9 Å². The maximum absolute atomic E-state index is 11.9. The van der Waals surface area contributed by atoms with E-state index in [1.165, 1.54) is 7.11 Å². The summed E-state index contributed by atoms with van der Waals surface area (Å²) in [6, 6.07) is 14.5. The molecule has 0 aliphatic carbocycles. The molecule has 1 N–H and O–H groups in total. The van der Waals surface area contributed by atoms with E-state index in [0.29, 0.717) is 30.0 Å². The summed E-state index contributed by atoms with van der Waals surface area (Å²) in [6.07, 6.45) is 0.663. The number of amides is 1. The van der Waals surface area contributed by atoms with Crippen molar-refractivity contribution >= 4 is 5.91 Å². The molecule has 2 rings (SSSR count). The van der Waals surface area contributed by atoms with Crippen LogP contribution in [0.5, 0.6) is 17.2 Å². The molecule has 0 saturated carbocycles. The van der Waals surface area contributed by atoms with Gasteiger partial charge in [-0.15, -0.1) is 0 Å². The standard InChI is InChI=1S/C19H20N2O4/c1-23-16-6-4-3-5-15(16)9-10-21-19(22)13-25-17-8-7-14(12-20)11-18(17)24-2/h3-8,11H,9-10,13H2,1-2H3,(H,21,22). The van der Waals surface area contributed by atoms with Gasteiger partial charge in [-0.1, -0.05) is 18.2 Å². The van der Waals surface area contributed by atoms with Crippen molar-refractivity contribution in [1.82, 2.24) is 5.32 Å². The van der Waals surface area contributed by atoms with Gasteiger partial charge >= 0.3 is 0 Å². The first kappa shape index (κ1) is 18.1. The van der Waals surface area contributed by atoms with Gasteiger partial charge in [0.15, 0.2) is 18.1 Å². The van der Waals surface area contributed by atoms with E-state index in [0.717, 1.165) is 11.3 Å². The quantitative estimate of drug-likeness (QED) is 0.797. The van der Waals surface area contributed by atoms with Crippen LogP contribution >= 0.6 is 0 Å². The summed E-state index contributed by atoms with van der Waals surface area (Å²) in [4.78, 5) is 11.9. The third-order valence-corrected chi connectivity index (χ3v) is 3.56. The van der Waals surface area contributed by atoms with Gasteiger partial charge < -0.3 is 19.5 Å². The Bertz CT molecular complexity index is 768. The summed E-state index contributed by atoms with van der Waals surface area (Å²) in [5.74, 6) is 1.40. The minimum Gasteiger partial charge on any atom is -0.496 e. The minimum absolute atomic E-state index is 0.131. The van der Waals surface area contributed by atoms with Gasteiger partial charge in [-0.2, -0.15) is 5.26 Å². The molecule has 0 aliphatic rings. The summed E-state index contributed by atoms with van der Waals surface area (Å²) in [5.41, 5.74) is 1.49. The van der Waals surface area contributed by atoms with Crippen LogP contribution in [0.2, 0.25) is 0 Å². The van der Waals surface area contributed by atoms with Gasteiger partial charge in [-0.3, -0.25) is 4.79 Å². The van der Waals surface area contributed by atoms with Gasteiger partial charge in [0, 0.05) is 12.6 Å². The number of methoxy groups -OCH3 is 2. The van der Waals surface area contributed by atoms with Crippen LogP contribution in [0, 0.1) is 11.3 Å². The molecule has 0 aromatic heterocycles. The first-order valence-electron chi connectivity index (χ1n) is 7.77. The van der Waals surface area contributed by atoms with Crippen LogP contribution < -0.4 is 19.5 Å². The van der Waals surface area contributed by atoms with Gasteiger partial charge in [0.2, 0.25) is 0 Å². The fourth-order valence-electron chi connectivity index (χ4n) is 2.30. The molecule has 130 valence electrons. The number of hydrogen-bond donors (Lipinski definition) is 1. The van der Waals surface area contributed by atoms with Crippen molar-refractivity contribution in [2.45, 2.75) is 6.42 Å². The second-order valence-corrected chi connectivity index (χ2v) is 5.18. The van der Waals surface area contributed by atoms with Crippen molar-refractivity contribution in [3.63, 3.8) is 0 Å². The zero-order valence-electron chi connectivity index (χ0n) is 14.2. The van der Waals surface area contributed by atoms with Crippen LogP contribution in [0.15, 0.2) is 42.5 Å². The Balaban J connectivity index is 1.82. The highest BCUT2D eigenvalue weighted by Gasteiger charge is 2.09. The molecule has 0 unspecified atom stereocenters. The Hall–Kier alpha value is -3.20. The molecule has 6 heteroatoms. The molecular formula is C19H20N2O4. The summed E-state index contributed by atoms with van der Waals surface area (Å²) in [5, 5.41) is 11.7. The molecule has 0 aliphatic heterocycles. The normalized spacial score (nSPS) is 9.80. The maximum atomic E-state index is 11.9. The summed E-state index contributed by atoms with van der Waals surface area (Å²) in [7, 11) is 3.10. The van der Waals surface area contributed by atoms with E-state index in [1.54, 1.807) is 25.3 Å². The number of ether oxygens (including phenoxy) is 3. The van der Waals surface area contributed by atoms with E-state index in [4.69, 9.17) is 19.5 Å². The molecule has 0 fully saturated rings. The van der Waals surface area contributed by atoms with Crippen LogP contribution in [-0.4, -0.2) is 33.3 Å². The summed E-state index contributed by atoms with van der Waals surface area (Å²) >= 11 is 0. The highest BCUT2D eigenvalue weighted by atomic mass is 16.5. The number of rotatable bonds is 8. The lowest BCUT2D eigenvalue weighted by Gasteiger charge is -2.11. The van der Waals surface area contributed by atoms with E-state index in [1.807, 2.05) is 30.3 Å². The predicted molar refractivity (Wildman–Crippen MR) is 92.9 cm³/mol. The number of nitrogens with zero attached hydrogens (tertiary/aromatic N) is 1. The average Bonchev–Trinajstić information content (AvgIpc) is 2.66. The van der Waals surface area contributed by atoms with Crippen molar-refractivity contribution in [1.29, 1.82) is 5.26 Å². The zero-order chi connectivity index (χ0) is 18.1. The lowest BCUT2D eigenvalue weighted by atomic mass is 10.1. The number of nitrogens with one attached hydrogen (secondary N) is 1. The highest BCUT2D eigenvalue weighted by molar-refractivity contribution is 5.77. The predicted octanol–water partition coefficient (Wildman–Crippen LogP) is 2.31. The molecule has 6 nitrogen and oxygen atoms in total. The Morgan fingerprint density at radius 2 is 1.84 bits per heavy atom. The maximum Gasteiger partial charge on any atom is 0.257 e. The third-order valence-electron chi connectivity index (χ3n) is 3.56. The molecule has 2 aromatic carbocycles. The SMILES string of the molecule is COc1ccccc1CCNC(=O)COc1ccc(C#N)cc1OC. The van der Waals surface area contributed by atoms with Crippen molar-refractivity contribution in [2.75, 3.05) is 27.4 Å². The largest absolute Gasteiger partial charge is 0.496 e. The van der Waals surface area contributed by atoms with Crippen LogP contribution in [0.25, 0.3) is 0 Å². The van der Waals surface area contributed by atoms with Crippen molar-refractivity contribution in [3.05, 3.63) is 53.6 Å². The van der Waals surface area contributed by atoms with E-state index in [2.05, 4.69) is 5.32 Å². The molecule has 0 radical (unpaired) electrons. The molecule has 0 atom stereocenters. The monoisotopic (exact) mass is 340 g/mol. The molecule has 0 saturated heterocycles. The van der Waals surface area contributed by atoms with Crippen molar-refractivity contribution in [2.24, 2.45) is 0 Å². The lowest BCUT2D eigenvalue weighted by molar-refractivity contribution is -0.123. The summed E-state index contributed by atoms with van der Waals surface area (Å²) in [6.45, 7) is 0.348. The van der Waals surface area contributed by atoms with E-state index >= 15 is 0 Å². The van der Waals surface area contributed by atoms with Crippen molar-refractivity contribution in [3.8, 4) is 23.3 Å². The van der Waals surface area contributed by atoms with Crippen molar-refractivity contribution < 1.29 is 19.0 Å². The molecular weight excluding hydrogens is 320 g/mol. The zero-order valence-corrected chi connectivity index (χ0v) is 14.2. The molecule has 25 heavy (non-hydrogen) atoms. The second kappa shape index (κ2) is 9.18. The molecule has 0 spiro atoms. The number of carbonyl (C=O) groups excluding carboxylic acids is 1. The first-order chi connectivity index (χ1) is 12.2. The van der Waals surface area contributed by atoms with E-state index < -0.39 is 0 Å². The van der Waals surface area contributed by atoms with Gasteiger partial charge in [-0.25, -0.2) is 0 Å². The smallest absolute Gasteiger partial charge is 0.257 e. The van der Waals surface area contributed by atoms with Gasteiger partial charge in [0.1, 0.15) is 5.75 Å². The lowest BCUT2D eigenvalue weighted by Crippen LogP contribution is -2.30. The van der Waals surface area contributed by atoms with E-state index in [9.17, 15) is 4.79 Å². The number of para-hydroxylation sites is 1. The fraction of sp³-hybridized carbons (Fsp3) is 0.263. The third kappa shape index (κ3) is 5.15. The van der Waals surface area contributed by atoms with E-state index in [-0.39, 0.29) is 12.5 Å². The van der Waals surface area contributed by atoms with Crippen LogP contribution in [-0.2, 0) is 11.2 Å². The Morgan fingerprint density at radius 3 is 2.56 bits per heavy atom. The number of nitriles is 1. The average molecular weight is 340 g/mol. The Kier molecular flexibility index (Phi) is 6.66. The molecule has 0 heterocycles. The Morgan fingerprint density at radius 1 is 1.08 bits per heavy atom. The summed E-state index contributed by atoms with van der Waals surface area (Å²) < 4.78 is 15.9. The van der Waals surface area contributed by atoms with Crippen LogP contribution in [0.4, 0.5) is 0 Å². The van der Waals surface area contributed by atoms with Gasteiger partial charge in [0.25, 0.3) is 5.91 Å². The number of benzene rings is 2.